The average molecular weight is 338 g/mol. The Bertz CT molecular complexity index is 517. The summed E-state index contributed by atoms with van der Waals surface area (Å²) in [6, 6.07) is 2.26. The molecule has 100 valence electrons. The summed E-state index contributed by atoms with van der Waals surface area (Å²) < 4.78 is 25.2. The van der Waals surface area contributed by atoms with Crippen LogP contribution < -0.4 is 0 Å². The number of hydrogen-bond donors (Lipinski definition) is 0. The van der Waals surface area contributed by atoms with Crippen molar-refractivity contribution in [3.63, 3.8) is 0 Å². The summed E-state index contributed by atoms with van der Waals surface area (Å²) in [6.07, 6.45) is 1.67. The van der Waals surface area contributed by atoms with Gasteiger partial charge in [-0.1, -0.05) is 15.9 Å². The maximum atomic E-state index is 12.0. The molecule has 0 aliphatic carbocycles. The van der Waals surface area contributed by atoms with E-state index in [-0.39, 0.29) is 10.7 Å². The van der Waals surface area contributed by atoms with Gasteiger partial charge in [0.05, 0.1) is 0 Å². The quantitative estimate of drug-likeness (QED) is 0.444. The number of rotatable bonds is 6. The summed E-state index contributed by atoms with van der Waals surface area (Å²) in [4.78, 5) is 13.2. The molecule has 0 aromatic carbocycles. The van der Waals surface area contributed by atoms with Crippen molar-refractivity contribution in [1.82, 2.24) is 9.29 Å². The molecule has 1 rings (SSSR count). The molecule has 0 amide bonds. The van der Waals surface area contributed by atoms with Gasteiger partial charge in [0, 0.05) is 25.0 Å². The lowest BCUT2D eigenvalue weighted by atomic mass is 10.5. The van der Waals surface area contributed by atoms with Crippen molar-refractivity contribution in [2.75, 3.05) is 18.9 Å². The van der Waals surface area contributed by atoms with Crippen molar-refractivity contribution in [3.05, 3.63) is 28.4 Å². The molecule has 0 radical (unpaired) electrons. The van der Waals surface area contributed by atoms with Crippen molar-refractivity contribution < 1.29 is 13.3 Å². The van der Waals surface area contributed by atoms with E-state index in [4.69, 9.17) is 0 Å². The standard InChI is InChI=1S/C9H12BrN3O4S/c1-12(6-2-5-10)18(16,17)8-3-4-9(11-7-8)13(14)15/h3-4,7H,2,5-6H2,1H3. The van der Waals surface area contributed by atoms with Gasteiger partial charge < -0.3 is 10.1 Å². The van der Waals surface area contributed by atoms with Crippen molar-refractivity contribution in [1.29, 1.82) is 0 Å². The van der Waals surface area contributed by atoms with Crippen LogP contribution in [0.15, 0.2) is 23.2 Å². The van der Waals surface area contributed by atoms with Gasteiger partial charge in [-0.2, -0.15) is 0 Å². The first-order valence-corrected chi connectivity index (χ1v) is 7.58. The van der Waals surface area contributed by atoms with Crippen LogP contribution in [0.25, 0.3) is 0 Å². The number of pyridine rings is 1. The Morgan fingerprint density at radius 2 is 2.17 bits per heavy atom. The Labute approximate surface area is 113 Å². The number of nitro groups is 1. The van der Waals surface area contributed by atoms with Crippen LogP contribution in [0, 0.1) is 10.1 Å². The normalized spacial score (nSPS) is 11.7. The third kappa shape index (κ3) is 3.47. The van der Waals surface area contributed by atoms with Crippen molar-refractivity contribution in [3.8, 4) is 0 Å². The zero-order valence-electron chi connectivity index (χ0n) is 9.61. The lowest BCUT2D eigenvalue weighted by molar-refractivity contribution is -0.389. The number of nitrogens with zero attached hydrogens (tertiary/aromatic N) is 3. The van der Waals surface area contributed by atoms with E-state index >= 15 is 0 Å². The predicted molar refractivity (Wildman–Crippen MR) is 69.1 cm³/mol. The largest absolute Gasteiger partial charge is 0.363 e. The molecule has 0 fully saturated rings. The fourth-order valence-electron chi connectivity index (χ4n) is 1.22. The van der Waals surface area contributed by atoms with Gasteiger partial charge in [0.25, 0.3) is 0 Å². The van der Waals surface area contributed by atoms with E-state index in [0.29, 0.717) is 18.3 Å². The first-order chi connectivity index (χ1) is 8.39. The minimum Gasteiger partial charge on any atom is -0.358 e. The van der Waals surface area contributed by atoms with E-state index in [2.05, 4.69) is 20.9 Å². The van der Waals surface area contributed by atoms with E-state index < -0.39 is 14.9 Å². The Morgan fingerprint density at radius 1 is 1.50 bits per heavy atom. The van der Waals surface area contributed by atoms with Gasteiger partial charge in [-0.05, 0) is 22.4 Å². The van der Waals surface area contributed by atoms with Crippen molar-refractivity contribution >= 4 is 31.8 Å². The first-order valence-electron chi connectivity index (χ1n) is 5.02. The van der Waals surface area contributed by atoms with Crippen LogP contribution in [0.3, 0.4) is 0 Å². The van der Waals surface area contributed by atoms with Crippen molar-refractivity contribution in [2.24, 2.45) is 0 Å². The lowest BCUT2D eigenvalue weighted by Crippen LogP contribution is -2.28. The highest BCUT2D eigenvalue weighted by molar-refractivity contribution is 9.09. The molecule has 7 nitrogen and oxygen atoms in total. The van der Waals surface area contributed by atoms with E-state index in [1.807, 2.05) is 0 Å². The summed E-state index contributed by atoms with van der Waals surface area (Å²) in [5.74, 6) is -0.378. The molecule has 1 aromatic rings. The number of aromatic nitrogens is 1. The Kier molecular flexibility index (Phi) is 5.17. The van der Waals surface area contributed by atoms with Crippen LogP contribution in [-0.4, -0.2) is 41.6 Å². The molecule has 0 atom stereocenters. The Morgan fingerprint density at radius 3 is 2.61 bits per heavy atom. The summed E-state index contributed by atoms with van der Waals surface area (Å²) in [7, 11) is -2.17. The van der Waals surface area contributed by atoms with Crippen LogP contribution in [0.2, 0.25) is 0 Å². The molecular weight excluding hydrogens is 326 g/mol. The van der Waals surface area contributed by atoms with Crippen LogP contribution in [-0.2, 0) is 10.0 Å². The van der Waals surface area contributed by atoms with Crippen molar-refractivity contribution in [2.45, 2.75) is 11.3 Å². The second kappa shape index (κ2) is 6.21. The van der Waals surface area contributed by atoms with Crippen LogP contribution in [0.4, 0.5) is 5.82 Å². The molecular formula is C9H12BrN3O4S. The molecule has 0 spiro atoms. The van der Waals surface area contributed by atoms with Crippen LogP contribution >= 0.6 is 15.9 Å². The summed E-state index contributed by atoms with van der Waals surface area (Å²) in [5.41, 5.74) is 0. The molecule has 18 heavy (non-hydrogen) atoms. The highest BCUT2D eigenvalue weighted by Gasteiger charge is 2.22. The summed E-state index contributed by atoms with van der Waals surface area (Å²) in [5, 5.41) is 11.1. The molecule has 0 aliphatic rings. The maximum Gasteiger partial charge on any atom is 0.363 e. The summed E-state index contributed by atoms with van der Waals surface area (Å²) >= 11 is 3.22. The van der Waals surface area contributed by atoms with Gasteiger partial charge in [-0.15, -0.1) is 0 Å². The second-order valence-electron chi connectivity index (χ2n) is 3.48. The van der Waals surface area contributed by atoms with Gasteiger partial charge in [-0.3, -0.25) is 0 Å². The molecule has 1 aromatic heterocycles. The zero-order valence-corrected chi connectivity index (χ0v) is 12.0. The highest BCUT2D eigenvalue weighted by atomic mass is 79.9. The number of sulfonamides is 1. The number of alkyl halides is 1. The fraction of sp³-hybridized carbons (Fsp3) is 0.444. The smallest absolute Gasteiger partial charge is 0.358 e. The van der Waals surface area contributed by atoms with E-state index in [1.165, 1.54) is 17.4 Å². The van der Waals surface area contributed by atoms with Gasteiger partial charge >= 0.3 is 5.82 Å². The predicted octanol–water partition coefficient (Wildman–Crippen LogP) is 1.40. The van der Waals surface area contributed by atoms with Crippen LogP contribution in [0.5, 0.6) is 0 Å². The molecule has 0 saturated carbocycles. The third-order valence-electron chi connectivity index (χ3n) is 2.22. The number of hydrogen-bond acceptors (Lipinski definition) is 5. The molecule has 0 N–H and O–H groups in total. The first kappa shape index (κ1) is 15.0. The monoisotopic (exact) mass is 337 g/mol. The SMILES string of the molecule is CN(CCCBr)S(=O)(=O)c1ccc([N+](=O)[O-])nc1. The summed E-state index contributed by atoms with van der Waals surface area (Å²) in [6.45, 7) is 0.366. The van der Waals surface area contributed by atoms with Gasteiger partial charge in [0.2, 0.25) is 10.0 Å². The molecule has 0 saturated heterocycles. The minimum atomic E-state index is -3.63. The topological polar surface area (TPSA) is 93.4 Å². The third-order valence-corrected chi connectivity index (χ3v) is 4.62. The number of halogens is 1. The Balaban J connectivity index is 2.94. The molecule has 0 unspecified atom stereocenters. The van der Waals surface area contributed by atoms with Gasteiger partial charge in [-0.25, -0.2) is 12.7 Å². The van der Waals surface area contributed by atoms with Gasteiger partial charge in [0.15, 0.2) is 6.20 Å². The zero-order chi connectivity index (χ0) is 13.8. The molecule has 9 heteroatoms. The van der Waals surface area contributed by atoms with Gasteiger partial charge in [0.1, 0.15) is 4.90 Å². The minimum absolute atomic E-state index is 0.0508. The van der Waals surface area contributed by atoms with E-state index in [1.54, 1.807) is 0 Å². The molecule has 0 bridgehead atoms. The second-order valence-corrected chi connectivity index (χ2v) is 6.32. The Hall–Kier alpha value is -1.06. The fourth-order valence-corrected chi connectivity index (χ4v) is 2.62. The van der Waals surface area contributed by atoms with Crippen LogP contribution in [0.1, 0.15) is 6.42 Å². The average Bonchev–Trinajstić information content (AvgIpc) is 2.35. The highest BCUT2D eigenvalue weighted by Crippen LogP contribution is 2.16. The van der Waals surface area contributed by atoms with E-state index in [0.717, 1.165) is 12.3 Å². The lowest BCUT2D eigenvalue weighted by Gasteiger charge is -2.15. The van der Waals surface area contributed by atoms with E-state index in [9.17, 15) is 18.5 Å². The molecule has 0 aliphatic heterocycles. The molecule has 1 heterocycles. The maximum absolute atomic E-state index is 12.0.